The zero-order valence-electron chi connectivity index (χ0n) is 13.8. The zero-order chi connectivity index (χ0) is 18.8. The molecule has 0 atom stereocenters. The van der Waals surface area contributed by atoms with E-state index >= 15 is 0 Å². The average molecular weight is 391 g/mol. The highest BCUT2D eigenvalue weighted by Crippen LogP contribution is 2.27. The van der Waals surface area contributed by atoms with Gasteiger partial charge in [-0.25, -0.2) is 9.78 Å². The highest BCUT2D eigenvalue weighted by molar-refractivity contribution is 7.11. The van der Waals surface area contributed by atoms with Gasteiger partial charge in [-0.1, -0.05) is 41.9 Å². The quantitative estimate of drug-likeness (QED) is 0.335. The van der Waals surface area contributed by atoms with Crippen LogP contribution in [0.25, 0.3) is 33.9 Å². The fourth-order valence-corrected chi connectivity index (χ4v) is 3.54. The Balaban J connectivity index is 1.75. The fourth-order valence-electron chi connectivity index (χ4n) is 2.63. The van der Waals surface area contributed by atoms with Crippen LogP contribution in [0.1, 0.15) is 10.6 Å². The number of rotatable bonds is 3. The SMILES string of the molecule is N#C/C(=C\c1ccc(Cl)cc1)c1nc(-c2cc3ccccc3oc2=O)cs1. The molecule has 0 saturated heterocycles. The molecule has 2 heterocycles. The first kappa shape index (κ1) is 17.2. The van der Waals surface area contributed by atoms with Gasteiger partial charge in [-0.3, -0.25) is 0 Å². The number of para-hydroxylation sites is 1. The number of halogens is 1. The van der Waals surface area contributed by atoms with Crippen LogP contribution in [0, 0.1) is 11.3 Å². The molecule has 2 aromatic carbocycles. The molecule has 0 fully saturated rings. The van der Waals surface area contributed by atoms with Crippen LogP contribution in [-0.4, -0.2) is 4.98 Å². The van der Waals surface area contributed by atoms with Gasteiger partial charge in [-0.05, 0) is 35.9 Å². The minimum atomic E-state index is -0.453. The topological polar surface area (TPSA) is 66.9 Å². The summed E-state index contributed by atoms with van der Waals surface area (Å²) in [4.78, 5) is 16.8. The molecule has 130 valence electrons. The number of nitrogens with zero attached hydrogens (tertiary/aromatic N) is 2. The Kier molecular flexibility index (Phi) is 4.59. The Morgan fingerprint density at radius 1 is 1.19 bits per heavy atom. The molecule has 0 unspecified atom stereocenters. The van der Waals surface area contributed by atoms with Gasteiger partial charge in [0.2, 0.25) is 0 Å². The van der Waals surface area contributed by atoms with Crippen molar-refractivity contribution in [1.29, 1.82) is 5.26 Å². The number of thiazole rings is 1. The van der Waals surface area contributed by atoms with Crippen LogP contribution in [0.4, 0.5) is 0 Å². The van der Waals surface area contributed by atoms with E-state index in [9.17, 15) is 10.1 Å². The molecule has 2 aromatic heterocycles. The number of benzene rings is 2. The van der Waals surface area contributed by atoms with Crippen molar-refractivity contribution in [3.8, 4) is 17.3 Å². The van der Waals surface area contributed by atoms with Crippen LogP contribution in [-0.2, 0) is 0 Å². The minimum Gasteiger partial charge on any atom is -0.422 e. The third-order valence-corrected chi connectivity index (χ3v) is 5.08. The van der Waals surface area contributed by atoms with Gasteiger partial charge in [-0.15, -0.1) is 11.3 Å². The molecule has 0 amide bonds. The smallest absolute Gasteiger partial charge is 0.345 e. The molecule has 4 nitrogen and oxygen atoms in total. The van der Waals surface area contributed by atoms with E-state index in [1.54, 1.807) is 35.7 Å². The Hall–Kier alpha value is -3.20. The second kappa shape index (κ2) is 7.20. The van der Waals surface area contributed by atoms with Crippen LogP contribution >= 0.6 is 22.9 Å². The lowest BCUT2D eigenvalue weighted by atomic mass is 10.1. The lowest BCUT2D eigenvalue weighted by molar-refractivity contribution is 0.563. The second-order valence-corrected chi connectivity index (χ2v) is 7.04. The highest BCUT2D eigenvalue weighted by Gasteiger charge is 2.13. The summed E-state index contributed by atoms with van der Waals surface area (Å²) in [6.07, 6.45) is 1.74. The Morgan fingerprint density at radius 2 is 1.96 bits per heavy atom. The van der Waals surface area contributed by atoms with Gasteiger partial charge < -0.3 is 4.42 Å². The molecular formula is C21H11ClN2O2S. The molecule has 0 aliphatic carbocycles. The maximum Gasteiger partial charge on any atom is 0.345 e. The summed E-state index contributed by atoms with van der Waals surface area (Å²) in [5.41, 5.74) is 2.20. The number of allylic oxidation sites excluding steroid dienone is 1. The molecule has 0 aliphatic heterocycles. The fraction of sp³-hybridized carbons (Fsp3) is 0. The molecule has 6 heteroatoms. The third kappa shape index (κ3) is 3.54. The largest absolute Gasteiger partial charge is 0.422 e. The molecular weight excluding hydrogens is 380 g/mol. The van der Waals surface area contributed by atoms with E-state index in [0.29, 0.717) is 32.4 Å². The maximum absolute atomic E-state index is 12.3. The minimum absolute atomic E-state index is 0.375. The first-order valence-electron chi connectivity index (χ1n) is 8.00. The van der Waals surface area contributed by atoms with Gasteiger partial charge in [-0.2, -0.15) is 5.26 Å². The van der Waals surface area contributed by atoms with Gasteiger partial charge in [0.25, 0.3) is 0 Å². The van der Waals surface area contributed by atoms with Crippen molar-refractivity contribution in [3.63, 3.8) is 0 Å². The van der Waals surface area contributed by atoms with Crippen molar-refractivity contribution in [3.05, 3.63) is 86.0 Å². The second-order valence-electron chi connectivity index (χ2n) is 5.74. The Bertz CT molecular complexity index is 1260. The van der Waals surface area contributed by atoms with E-state index in [0.717, 1.165) is 10.9 Å². The number of nitriles is 1. The van der Waals surface area contributed by atoms with Crippen molar-refractivity contribution in [2.75, 3.05) is 0 Å². The lowest BCUT2D eigenvalue weighted by Gasteiger charge is -1.99. The molecule has 27 heavy (non-hydrogen) atoms. The summed E-state index contributed by atoms with van der Waals surface area (Å²) in [6.45, 7) is 0. The first-order valence-corrected chi connectivity index (χ1v) is 9.26. The average Bonchev–Trinajstić information content (AvgIpc) is 3.16. The number of aromatic nitrogens is 1. The lowest BCUT2D eigenvalue weighted by Crippen LogP contribution is -2.02. The maximum atomic E-state index is 12.3. The monoisotopic (exact) mass is 390 g/mol. The summed E-state index contributed by atoms with van der Waals surface area (Å²) in [5, 5.41) is 13.3. The predicted molar refractivity (Wildman–Crippen MR) is 109 cm³/mol. The normalized spacial score (nSPS) is 11.5. The van der Waals surface area contributed by atoms with E-state index < -0.39 is 5.63 Å². The molecule has 0 radical (unpaired) electrons. The molecule has 0 saturated carbocycles. The zero-order valence-corrected chi connectivity index (χ0v) is 15.4. The van der Waals surface area contributed by atoms with Crippen LogP contribution in [0.2, 0.25) is 5.02 Å². The summed E-state index contributed by atoms with van der Waals surface area (Å²) >= 11 is 7.20. The van der Waals surface area contributed by atoms with Crippen molar-refractivity contribution < 1.29 is 4.42 Å². The van der Waals surface area contributed by atoms with Crippen molar-refractivity contribution >= 4 is 45.6 Å². The van der Waals surface area contributed by atoms with Crippen molar-refractivity contribution in [1.82, 2.24) is 4.98 Å². The molecule has 4 aromatic rings. The van der Waals surface area contributed by atoms with Crippen LogP contribution < -0.4 is 5.63 Å². The number of hydrogen-bond acceptors (Lipinski definition) is 5. The van der Waals surface area contributed by atoms with E-state index in [2.05, 4.69) is 11.1 Å². The summed E-state index contributed by atoms with van der Waals surface area (Å²) in [6, 6.07) is 18.4. The van der Waals surface area contributed by atoms with Crippen molar-refractivity contribution in [2.24, 2.45) is 0 Å². The van der Waals surface area contributed by atoms with E-state index in [-0.39, 0.29) is 0 Å². The van der Waals surface area contributed by atoms with Gasteiger partial charge in [0, 0.05) is 15.8 Å². The molecule has 0 bridgehead atoms. The summed E-state index contributed by atoms with van der Waals surface area (Å²) in [7, 11) is 0. The van der Waals surface area contributed by atoms with Crippen LogP contribution in [0.3, 0.4) is 0 Å². The van der Waals surface area contributed by atoms with E-state index in [1.807, 2.05) is 30.3 Å². The summed E-state index contributed by atoms with van der Waals surface area (Å²) in [5.74, 6) is 0. The first-order chi connectivity index (χ1) is 13.1. The Morgan fingerprint density at radius 3 is 2.74 bits per heavy atom. The molecule has 0 N–H and O–H groups in total. The Labute approximate surface area is 163 Å². The number of fused-ring (bicyclic) bond motifs is 1. The van der Waals surface area contributed by atoms with Crippen LogP contribution in [0.15, 0.2) is 69.2 Å². The van der Waals surface area contributed by atoms with Gasteiger partial charge in [0.1, 0.15) is 16.7 Å². The highest BCUT2D eigenvalue weighted by atomic mass is 35.5. The summed E-state index contributed by atoms with van der Waals surface area (Å²) < 4.78 is 5.37. The predicted octanol–water partition coefficient (Wildman–Crippen LogP) is 5.63. The van der Waals surface area contributed by atoms with Gasteiger partial charge in [0.05, 0.1) is 16.8 Å². The van der Waals surface area contributed by atoms with Crippen molar-refractivity contribution in [2.45, 2.75) is 0 Å². The molecule has 0 aliphatic rings. The van der Waals surface area contributed by atoms with E-state index in [1.165, 1.54) is 11.3 Å². The van der Waals surface area contributed by atoms with Gasteiger partial charge in [0.15, 0.2) is 0 Å². The van der Waals surface area contributed by atoms with E-state index in [4.69, 9.17) is 16.0 Å². The standard InChI is InChI=1S/C21H11ClN2O2S/c22-16-7-5-13(6-8-16)9-15(11-23)20-24-18(12-27-20)17-10-14-3-1-2-4-19(14)26-21(17)25/h1-10,12H/b15-9+. The number of hydrogen-bond donors (Lipinski definition) is 0. The van der Waals surface area contributed by atoms with Gasteiger partial charge >= 0.3 is 5.63 Å². The van der Waals surface area contributed by atoms with Crippen LogP contribution in [0.5, 0.6) is 0 Å². The third-order valence-electron chi connectivity index (χ3n) is 3.95. The molecule has 0 spiro atoms. The molecule has 4 rings (SSSR count).